The average molecular weight is 371 g/mol. The number of likely N-dealkylation sites (N-methyl/N-ethyl adjacent to an activating group) is 1. The fourth-order valence-corrected chi connectivity index (χ4v) is 6.12. The van der Waals surface area contributed by atoms with E-state index in [0.29, 0.717) is 23.3 Å². The highest BCUT2D eigenvalue weighted by Crippen LogP contribution is 2.61. The summed E-state index contributed by atoms with van der Waals surface area (Å²) >= 11 is 0. The summed E-state index contributed by atoms with van der Waals surface area (Å²) in [4.78, 5) is 35.8. The lowest BCUT2D eigenvalue weighted by atomic mass is 9.47. The van der Waals surface area contributed by atoms with Crippen LogP contribution in [0.1, 0.15) is 48.9 Å². The second-order valence-electron chi connectivity index (χ2n) is 8.60. The molecule has 4 bridgehead atoms. The van der Waals surface area contributed by atoms with Gasteiger partial charge in [0, 0.05) is 30.2 Å². The van der Waals surface area contributed by atoms with E-state index in [-0.39, 0.29) is 22.9 Å². The van der Waals surface area contributed by atoms with Crippen molar-refractivity contribution in [2.75, 3.05) is 7.05 Å². The second-order valence-corrected chi connectivity index (χ2v) is 8.60. The van der Waals surface area contributed by atoms with Crippen molar-refractivity contribution in [2.45, 2.75) is 44.6 Å². The molecule has 0 radical (unpaired) electrons. The lowest BCUT2D eigenvalue weighted by Crippen LogP contribution is -2.61. The number of nitrogens with zero attached hydrogens (tertiary/aromatic N) is 1. The normalized spacial score (nSPS) is 32.0. The summed E-state index contributed by atoms with van der Waals surface area (Å²) in [5.41, 5.74) is 0.111. The van der Waals surface area contributed by atoms with Gasteiger partial charge in [-0.2, -0.15) is 0 Å². The molecule has 1 aromatic rings. The third-order valence-corrected chi connectivity index (χ3v) is 6.82. The van der Waals surface area contributed by atoms with Crippen molar-refractivity contribution in [1.82, 2.24) is 10.6 Å². The molecule has 0 unspecified atom stereocenters. The third-order valence-electron chi connectivity index (χ3n) is 6.82. The molecule has 7 nitrogen and oxygen atoms in total. The van der Waals surface area contributed by atoms with E-state index in [4.69, 9.17) is 0 Å². The van der Waals surface area contributed by atoms with Crippen LogP contribution < -0.4 is 10.6 Å². The smallest absolute Gasteiger partial charge is 0.269 e. The molecule has 1 aromatic carbocycles. The maximum Gasteiger partial charge on any atom is 0.269 e. The number of carbonyl (C=O) groups excluding carboxylic acids is 2. The van der Waals surface area contributed by atoms with E-state index in [1.54, 1.807) is 7.05 Å². The Kier molecular flexibility index (Phi) is 4.40. The van der Waals surface area contributed by atoms with E-state index in [2.05, 4.69) is 10.6 Å². The molecule has 5 rings (SSSR count). The number of rotatable bonds is 5. The second kappa shape index (κ2) is 6.62. The zero-order chi connectivity index (χ0) is 19.2. The average Bonchev–Trinajstić information content (AvgIpc) is 2.64. The quantitative estimate of drug-likeness (QED) is 0.614. The molecule has 144 valence electrons. The molecule has 0 aromatic heterocycles. The molecule has 4 aliphatic carbocycles. The summed E-state index contributed by atoms with van der Waals surface area (Å²) in [6, 6.07) is 4.95. The van der Waals surface area contributed by atoms with Gasteiger partial charge < -0.3 is 10.6 Å². The highest BCUT2D eigenvalue weighted by molar-refractivity contribution is 5.98. The Labute approximate surface area is 158 Å². The molecular formula is C20H25N3O4. The molecule has 0 saturated heterocycles. The number of benzene rings is 1. The molecular weight excluding hydrogens is 346 g/mol. The highest BCUT2D eigenvalue weighted by Gasteiger charge is 2.56. The van der Waals surface area contributed by atoms with E-state index in [9.17, 15) is 19.7 Å². The number of nitro groups is 1. The van der Waals surface area contributed by atoms with Crippen LogP contribution in [0.2, 0.25) is 0 Å². The van der Waals surface area contributed by atoms with Crippen molar-refractivity contribution < 1.29 is 14.5 Å². The van der Waals surface area contributed by atoms with Gasteiger partial charge in [-0.1, -0.05) is 0 Å². The molecule has 2 N–H and O–H groups in total. The van der Waals surface area contributed by atoms with Crippen molar-refractivity contribution in [3.05, 3.63) is 39.9 Å². The number of carbonyl (C=O) groups is 2. The molecule has 1 atom stereocenters. The Hall–Kier alpha value is -2.44. The van der Waals surface area contributed by atoms with Gasteiger partial charge in [0.2, 0.25) is 5.91 Å². The molecule has 2 amide bonds. The number of hydrogen-bond donors (Lipinski definition) is 2. The van der Waals surface area contributed by atoms with Gasteiger partial charge in [0.15, 0.2) is 0 Å². The van der Waals surface area contributed by atoms with Crippen LogP contribution in [0.15, 0.2) is 24.3 Å². The van der Waals surface area contributed by atoms with Crippen molar-refractivity contribution in [3.63, 3.8) is 0 Å². The van der Waals surface area contributed by atoms with Gasteiger partial charge in [-0.3, -0.25) is 19.7 Å². The zero-order valence-electron chi connectivity index (χ0n) is 15.4. The van der Waals surface area contributed by atoms with Crippen LogP contribution in [0.3, 0.4) is 0 Å². The van der Waals surface area contributed by atoms with E-state index in [1.165, 1.54) is 43.5 Å². The zero-order valence-corrected chi connectivity index (χ0v) is 15.4. The van der Waals surface area contributed by atoms with E-state index in [0.717, 1.165) is 19.3 Å². The van der Waals surface area contributed by atoms with Crippen molar-refractivity contribution in [3.8, 4) is 0 Å². The van der Waals surface area contributed by atoms with Gasteiger partial charge in [0.25, 0.3) is 11.6 Å². The summed E-state index contributed by atoms with van der Waals surface area (Å²) in [7, 11) is 1.61. The van der Waals surface area contributed by atoms with Crippen molar-refractivity contribution >= 4 is 17.5 Å². The maximum absolute atomic E-state index is 12.8. The van der Waals surface area contributed by atoms with Crippen LogP contribution in [0.4, 0.5) is 5.69 Å². The first-order valence-corrected chi connectivity index (χ1v) is 9.67. The van der Waals surface area contributed by atoms with Crippen LogP contribution in [0.5, 0.6) is 0 Å². The van der Waals surface area contributed by atoms with Gasteiger partial charge in [0.05, 0.1) is 4.92 Å². The minimum absolute atomic E-state index is 0.0597. The van der Waals surface area contributed by atoms with Crippen molar-refractivity contribution in [1.29, 1.82) is 0 Å². The topological polar surface area (TPSA) is 101 Å². The highest BCUT2D eigenvalue weighted by atomic mass is 16.6. The monoisotopic (exact) mass is 371 g/mol. The minimum atomic E-state index is -0.557. The van der Waals surface area contributed by atoms with Crippen molar-refractivity contribution in [2.24, 2.45) is 23.2 Å². The van der Waals surface area contributed by atoms with E-state index in [1.807, 2.05) is 0 Å². The lowest BCUT2D eigenvalue weighted by molar-refractivity contribution is -0.384. The first-order valence-electron chi connectivity index (χ1n) is 9.67. The molecule has 27 heavy (non-hydrogen) atoms. The molecule has 0 heterocycles. The first kappa shape index (κ1) is 17.9. The maximum atomic E-state index is 12.8. The Bertz CT molecular complexity index is 739. The number of nitrogens with one attached hydrogen (secondary N) is 2. The minimum Gasteiger partial charge on any atom is -0.357 e. The van der Waals surface area contributed by atoms with Gasteiger partial charge >= 0.3 is 0 Å². The van der Waals surface area contributed by atoms with Crippen LogP contribution in [0.25, 0.3) is 0 Å². The summed E-state index contributed by atoms with van der Waals surface area (Å²) in [5.74, 6) is 1.50. The summed E-state index contributed by atoms with van der Waals surface area (Å²) < 4.78 is 0. The number of non-ortho nitro benzene ring substituents is 1. The largest absolute Gasteiger partial charge is 0.357 e. The number of nitro benzene ring substituents is 1. The van der Waals surface area contributed by atoms with Crippen LogP contribution in [0, 0.1) is 33.3 Å². The van der Waals surface area contributed by atoms with Gasteiger partial charge in [-0.15, -0.1) is 0 Å². The van der Waals surface area contributed by atoms with Crippen LogP contribution >= 0.6 is 0 Å². The number of hydrogen-bond acceptors (Lipinski definition) is 4. The molecule has 4 saturated carbocycles. The fraction of sp³-hybridized carbons (Fsp3) is 0.600. The Morgan fingerprint density at radius 3 is 2.04 bits per heavy atom. The van der Waals surface area contributed by atoms with Gasteiger partial charge in [-0.05, 0) is 68.4 Å². The fourth-order valence-electron chi connectivity index (χ4n) is 6.12. The summed E-state index contributed by atoms with van der Waals surface area (Å²) in [6.45, 7) is 0. The predicted molar refractivity (Wildman–Crippen MR) is 99.0 cm³/mol. The van der Waals surface area contributed by atoms with E-state index < -0.39 is 11.0 Å². The molecule has 7 heteroatoms. The SMILES string of the molecule is CNC(=O)[C@H](NC(=O)c1ccc([N+](=O)[O-])cc1)C12CC3CC(CC(C3)C1)C2. The summed E-state index contributed by atoms with van der Waals surface area (Å²) in [5, 5.41) is 16.5. The Balaban J connectivity index is 1.57. The molecule has 4 fully saturated rings. The van der Waals surface area contributed by atoms with Crippen LogP contribution in [-0.2, 0) is 4.79 Å². The van der Waals surface area contributed by atoms with E-state index >= 15 is 0 Å². The third kappa shape index (κ3) is 3.19. The Morgan fingerprint density at radius 1 is 1.07 bits per heavy atom. The molecule has 4 aliphatic rings. The van der Waals surface area contributed by atoms with Crippen LogP contribution in [-0.4, -0.2) is 29.8 Å². The Morgan fingerprint density at radius 2 is 1.59 bits per heavy atom. The predicted octanol–water partition coefficient (Wildman–Crippen LogP) is 2.66. The first-order chi connectivity index (χ1) is 12.9. The molecule has 0 spiro atoms. The lowest BCUT2D eigenvalue weighted by Gasteiger charge is -2.58. The summed E-state index contributed by atoms with van der Waals surface area (Å²) in [6.07, 6.45) is 6.77. The van der Waals surface area contributed by atoms with Gasteiger partial charge in [0.1, 0.15) is 6.04 Å². The number of amides is 2. The van der Waals surface area contributed by atoms with Gasteiger partial charge in [-0.25, -0.2) is 0 Å². The molecule has 0 aliphatic heterocycles. The standard InChI is InChI=1S/C20H25N3O4/c1-21-19(25)17(20-9-12-6-13(10-20)8-14(7-12)11-20)22-18(24)15-2-4-16(5-3-15)23(26)27/h2-5,12-14,17H,6-11H2,1H3,(H,21,25)(H,22,24)/t12?,13?,14?,17-,20?/m0/s1.